The summed E-state index contributed by atoms with van der Waals surface area (Å²) in [5.74, 6) is 0.373. The maximum atomic E-state index is 9.53. The molecular formula is C20H17N5O. The molecular weight excluding hydrogens is 326 g/mol. The van der Waals surface area contributed by atoms with Crippen LogP contribution in [0.15, 0.2) is 59.9 Å². The normalized spacial score (nSPS) is 11.0. The Kier molecular flexibility index (Phi) is 4.90. The third-order valence-electron chi connectivity index (χ3n) is 3.76. The maximum Gasteiger partial charge on any atom is 0.227 e. The number of benzene rings is 2. The molecule has 0 saturated heterocycles. The third kappa shape index (κ3) is 3.84. The largest absolute Gasteiger partial charge is 0.410 e. The van der Waals surface area contributed by atoms with E-state index in [1.54, 1.807) is 36.5 Å². The number of nitrogens with one attached hydrogen (secondary N) is 1. The summed E-state index contributed by atoms with van der Waals surface area (Å²) in [5, 5.41) is 24.9. The highest BCUT2D eigenvalue weighted by Gasteiger charge is 2.12. The van der Waals surface area contributed by atoms with Crippen LogP contribution in [-0.4, -0.2) is 20.9 Å². The van der Waals surface area contributed by atoms with E-state index in [0.29, 0.717) is 22.9 Å². The Morgan fingerprint density at radius 1 is 1.08 bits per heavy atom. The van der Waals surface area contributed by atoms with Crippen molar-refractivity contribution in [1.29, 1.82) is 5.26 Å². The van der Waals surface area contributed by atoms with Gasteiger partial charge < -0.3 is 10.5 Å². The van der Waals surface area contributed by atoms with Gasteiger partial charge in [-0.15, -0.1) is 0 Å². The standard InChI is InChI=1S/C20H17N5O/c1-13-9-14(2)11-16(10-13)19(25-26)18-7-8-22-20(24-18)23-17-5-3-15(12-21)4-6-17/h3-11,26H,1-2H3,(H,22,23,24)/b25-19+. The number of rotatable bonds is 4. The van der Waals surface area contributed by atoms with E-state index in [2.05, 4.69) is 32.6 Å². The first-order valence-electron chi connectivity index (χ1n) is 8.00. The van der Waals surface area contributed by atoms with Gasteiger partial charge in [-0.05, 0) is 56.3 Å². The second-order valence-corrected chi connectivity index (χ2v) is 5.90. The fourth-order valence-electron chi connectivity index (χ4n) is 2.68. The fraction of sp³-hybridized carbons (Fsp3) is 0.100. The molecule has 0 amide bonds. The quantitative estimate of drug-likeness (QED) is 0.425. The number of anilines is 2. The van der Waals surface area contributed by atoms with E-state index in [1.807, 2.05) is 26.0 Å². The molecule has 6 nitrogen and oxygen atoms in total. The fourth-order valence-corrected chi connectivity index (χ4v) is 2.68. The molecule has 0 atom stereocenters. The first-order valence-corrected chi connectivity index (χ1v) is 8.00. The average Bonchev–Trinajstić information content (AvgIpc) is 2.63. The number of oxime groups is 1. The molecule has 128 valence electrons. The van der Waals surface area contributed by atoms with Gasteiger partial charge in [0.2, 0.25) is 5.95 Å². The predicted molar refractivity (Wildman–Crippen MR) is 99.8 cm³/mol. The van der Waals surface area contributed by atoms with Crippen molar-refractivity contribution < 1.29 is 5.21 Å². The van der Waals surface area contributed by atoms with Gasteiger partial charge in [-0.1, -0.05) is 22.3 Å². The Bertz CT molecular complexity index is 983. The van der Waals surface area contributed by atoms with E-state index in [9.17, 15) is 5.21 Å². The van der Waals surface area contributed by atoms with E-state index in [1.165, 1.54) is 0 Å². The summed E-state index contributed by atoms with van der Waals surface area (Å²) in [6, 6.07) is 16.7. The van der Waals surface area contributed by atoms with Crippen LogP contribution in [0.2, 0.25) is 0 Å². The van der Waals surface area contributed by atoms with E-state index >= 15 is 0 Å². The lowest BCUT2D eigenvalue weighted by Crippen LogP contribution is -2.09. The van der Waals surface area contributed by atoms with Gasteiger partial charge in [0.05, 0.1) is 17.3 Å². The molecule has 0 aliphatic heterocycles. The molecule has 0 radical (unpaired) electrons. The van der Waals surface area contributed by atoms with E-state index in [4.69, 9.17) is 5.26 Å². The van der Waals surface area contributed by atoms with Crippen molar-refractivity contribution in [2.24, 2.45) is 5.16 Å². The second-order valence-electron chi connectivity index (χ2n) is 5.90. The first kappa shape index (κ1) is 17.1. The van der Waals surface area contributed by atoms with E-state index in [-0.39, 0.29) is 0 Å². The van der Waals surface area contributed by atoms with E-state index in [0.717, 1.165) is 22.4 Å². The van der Waals surface area contributed by atoms with Crippen molar-refractivity contribution in [3.05, 3.63) is 82.7 Å². The monoisotopic (exact) mass is 343 g/mol. The number of aromatic nitrogens is 2. The Labute approximate surface area is 151 Å². The van der Waals surface area contributed by atoms with Crippen molar-refractivity contribution in [2.45, 2.75) is 13.8 Å². The predicted octanol–water partition coefficient (Wildman–Crippen LogP) is 3.94. The molecule has 3 aromatic rings. The molecule has 3 rings (SSSR count). The molecule has 2 N–H and O–H groups in total. The Hall–Kier alpha value is -3.72. The average molecular weight is 343 g/mol. The summed E-state index contributed by atoms with van der Waals surface area (Å²) in [4.78, 5) is 8.64. The first-order chi connectivity index (χ1) is 12.6. The van der Waals surface area contributed by atoms with Crippen LogP contribution in [-0.2, 0) is 0 Å². The van der Waals surface area contributed by atoms with Crippen molar-refractivity contribution in [1.82, 2.24) is 9.97 Å². The van der Waals surface area contributed by atoms with Crippen LogP contribution >= 0.6 is 0 Å². The molecule has 0 aliphatic carbocycles. The summed E-state index contributed by atoms with van der Waals surface area (Å²) in [7, 11) is 0. The highest BCUT2D eigenvalue weighted by atomic mass is 16.4. The van der Waals surface area contributed by atoms with Gasteiger partial charge in [-0.2, -0.15) is 5.26 Å². The molecule has 0 aliphatic rings. The van der Waals surface area contributed by atoms with Crippen molar-refractivity contribution in [3.8, 4) is 6.07 Å². The van der Waals surface area contributed by atoms with Crippen LogP contribution < -0.4 is 5.32 Å². The highest BCUT2D eigenvalue weighted by molar-refractivity contribution is 6.11. The summed E-state index contributed by atoms with van der Waals surface area (Å²) in [6.45, 7) is 3.98. The van der Waals surface area contributed by atoms with Gasteiger partial charge in [0.25, 0.3) is 0 Å². The number of hydrogen-bond acceptors (Lipinski definition) is 6. The molecule has 0 fully saturated rings. The van der Waals surface area contributed by atoms with Crippen LogP contribution in [0.25, 0.3) is 0 Å². The molecule has 0 unspecified atom stereocenters. The number of nitriles is 1. The zero-order chi connectivity index (χ0) is 18.5. The van der Waals surface area contributed by atoms with Crippen LogP contribution in [0.4, 0.5) is 11.6 Å². The molecule has 1 aromatic heterocycles. The van der Waals surface area contributed by atoms with Crippen molar-refractivity contribution in [3.63, 3.8) is 0 Å². The lowest BCUT2D eigenvalue weighted by atomic mass is 10.0. The van der Waals surface area contributed by atoms with Crippen molar-refractivity contribution >= 4 is 17.3 Å². The topological polar surface area (TPSA) is 94.2 Å². The smallest absolute Gasteiger partial charge is 0.227 e. The van der Waals surface area contributed by atoms with Gasteiger partial charge in [0.15, 0.2) is 0 Å². The molecule has 2 aromatic carbocycles. The van der Waals surface area contributed by atoms with Crippen molar-refractivity contribution in [2.75, 3.05) is 5.32 Å². The molecule has 6 heteroatoms. The minimum atomic E-state index is 0.373. The SMILES string of the molecule is Cc1cc(C)cc(/C(=N\O)c2ccnc(Nc3ccc(C#N)cc3)n2)c1. The van der Waals surface area contributed by atoms with Gasteiger partial charge in [-0.25, -0.2) is 9.97 Å². The zero-order valence-corrected chi connectivity index (χ0v) is 14.4. The lowest BCUT2D eigenvalue weighted by molar-refractivity contribution is 0.319. The van der Waals surface area contributed by atoms with E-state index < -0.39 is 0 Å². The Balaban J connectivity index is 1.91. The Morgan fingerprint density at radius 3 is 2.38 bits per heavy atom. The second kappa shape index (κ2) is 7.45. The lowest BCUT2D eigenvalue weighted by Gasteiger charge is -2.09. The summed E-state index contributed by atoms with van der Waals surface area (Å²) < 4.78 is 0. The molecule has 0 spiro atoms. The minimum Gasteiger partial charge on any atom is -0.410 e. The zero-order valence-electron chi connectivity index (χ0n) is 14.4. The molecule has 1 heterocycles. The number of aryl methyl sites for hydroxylation is 2. The summed E-state index contributed by atoms with van der Waals surface area (Å²) in [5.41, 5.74) is 5.15. The van der Waals surface area contributed by atoms with Crippen LogP contribution in [0.1, 0.15) is 27.9 Å². The molecule has 0 saturated carbocycles. The van der Waals surface area contributed by atoms with Gasteiger partial charge in [0.1, 0.15) is 5.71 Å². The highest BCUT2D eigenvalue weighted by Crippen LogP contribution is 2.17. The van der Waals surface area contributed by atoms with Crippen LogP contribution in [0.3, 0.4) is 0 Å². The Morgan fingerprint density at radius 2 is 1.77 bits per heavy atom. The third-order valence-corrected chi connectivity index (χ3v) is 3.76. The maximum absolute atomic E-state index is 9.53. The van der Waals surface area contributed by atoms with Crippen LogP contribution in [0, 0.1) is 25.2 Å². The summed E-state index contributed by atoms with van der Waals surface area (Å²) >= 11 is 0. The summed E-state index contributed by atoms with van der Waals surface area (Å²) in [6.07, 6.45) is 1.60. The van der Waals surface area contributed by atoms with Gasteiger partial charge in [0, 0.05) is 17.4 Å². The van der Waals surface area contributed by atoms with Crippen LogP contribution in [0.5, 0.6) is 0 Å². The van der Waals surface area contributed by atoms with Gasteiger partial charge in [-0.3, -0.25) is 0 Å². The van der Waals surface area contributed by atoms with Gasteiger partial charge >= 0.3 is 0 Å². The molecule has 0 bridgehead atoms. The molecule has 26 heavy (non-hydrogen) atoms. The minimum absolute atomic E-state index is 0.373. The number of nitrogens with zero attached hydrogens (tertiary/aromatic N) is 4. The number of hydrogen-bond donors (Lipinski definition) is 2.